The lowest BCUT2D eigenvalue weighted by Crippen LogP contribution is -2.20. The van der Waals surface area contributed by atoms with Crippen molar-refractivity contribution < 1.29 is 14.3 Å². The van der Waals surface area contributed by atoms with Crippen LogP contribution in [0.15, 0.2) is 53.0 Å². The largest absolute Gasteiger partial charge is 0.494 e. The number of ether oxygens (including phenoxy) is 2. The summed E-state index contributed by atoms with van der Waals surface area (Å²) < 4.78 is 11.7. The molecule has 0 unspecified atom stereocenters. The van der Waals surface area contributed by atoms with E-state index >= 15 is 0 Å². The maximum Gasteiger partial charge on any atom is 0.262 e. The van der Waals surface area contributed by atoms with Gasteiger partial charge < -0.3 is 14.8 Å². The van der Waals surface area contributed by atoms with Gasteiger partial charge in [-0.25, -0.2) is 0 Å². The molecule has 2 aromatic rings. The number of hydrogen-bond donors (Lipinski definition) is 1. The first-order chi connectivity index (χ1) is 10.2. The van der Waals surface area contributed by atoms with Crippen molar-refractivity contribution in [1.29, 1.82) is 0 Å². The number of carbonyl (C=O) groups excluding carboxylic acids is 1. The SMILES string of the molecule is CCOc1ccc(OCC(=O)Nc2cccc(Br)c2)cc1. The minimum Gasteiger partial charge on any atom is -0.494 e. The molecule has 0 aliphatic heterocycles. The van der Waals surface area contributed by atoms with Crippen molar-refractivity contribution in [2.45, 2.75) is 6.92 Å². The van der Waals surface area contributed by atoms with Gasteiger partial charge in [-0.05, 0) is 49.4 Å². The zero-order valence-corrected chi connectivity index (χ0v) is 13.2. The molecule has 0 saturated heterocycles. The number of anilines is 1. The zero-order chi connectivity index (χ0) is 15.1. The van der Waals surface area contributed by atoms with Crippen molar-refractivity contribution in [2.24, 2.45) is 0 Å². The van der Waals surface area contributed by atoms with Gasteiger partial charge >= 0.3 is 0 Å². The molecule has 0 bridgehead atoms. The molecule has 0 saturated carbocycles. The average Bonchev–Trinajstić information content (AvgIpc) is 2.47. The highest BCUT2D eigenvalue weighted by atomic mass is 79.9. The Balaban J connectivity index is 1.83. The van der Waals surface area contributed by atoms with Crippen LogP contribution in [0.4, 0.5) is 5.69 Å². The first kappa shape index (κ1) is 15.4. The third-order valence-electron chi connectivity index (χ3n) is 2.61. The first-order valence-electron chi connectivity index (χ1n) is 6.58. The second-order valence-corrected chi connectivity index (χ2v) is 5.17. The van der Waals surface area contributed by atoms with Crippen LogP contribution in [0.25, 0.3) is 0 Å². The van der Waals surface area contributed by atoms with E-state index < -0.39 is 0 Å². The lowest BCUT2D eigenvalue weighted by molar-refractivity contribution is -0.118. The Labute approximate surface area is 132 Å². The van der Waals surface area contributed by atoms with Crippen LogP contribution in [0.1, 0.15) is 6.92 Å². The van der Waals surface area contributed by atoms with E-state index in [2.05, 4.69) is 21.2 Å². The van der Waals surface area contributed by atoms with Gasteiger partial charge in [-0.2, -0.15) is 0 Å². The number of carbonyl (C=O) groups is 1. The van der Waals surface area contributed by atoms with Crippen LogP contribution in [-0.2, 0) is 4.79 Å². The molecule has 5 heteroatoms. The van der Waals surface area contributed by atoms with Gasteiger partial charge in [-0.1, -0.05) is 22.0 Å². The Morgan fingerprint density at radius 1 is 1.10 bits per heavy atom. The Morgan fingerprint density at radius 3 is 2.38 bits per heavy atom. The summed E-state index contributed by atoms with van der Waals surface area (Å²) in [5.74, 6) is 1.20. The third-order valence-corrected chi connectivity index (χ3v) is 3.11. The number of amides is 1. The van der Waals surface area contributed by atoms with E-state index in [0.29, 0.717) is 12.4 Å². The average molecular weight is 350 g/mol. The van der Waals surface area contributed by atoms with Crippen LogP contribution in [0.5, 0.6) is 11.5 Å². The maximum atomic E-state index is 11.8. The minimum atomic E-state index is -0.206. The van der Waals surface area contributed by atoms with Crippen molar-refractivity contribution in [2.75, 3.05) is 18.5 Å². The topological polar surface area (TPSA) is 47.6 Å². The zero-order valence-electron chi connectivity index (χ0n) is 11.6. The molecular weight excluding hydrogens is 334 g/mol. The van der Waals surface area contributed by atoms with Crippen molar-refractivity contribution in [1.82, 2.24) is 0 Å². The molecule has 1 N–H and O–H groups in total. The van der Waals surface area contributed by atoms with Crippen molar-refractivity contribution in [3.8, 4) is 11.5 Å². The fourth-order valence-electron chi connectivity index (χ4n) is 1.71. The second kappa shape index (κ2) is 7.69. The molecule has 0 heterocycles. The summed E-state index contributed by atoms with van der Waals surface area (Å²) in [5.41, 5.74) is 0.727. The molecule has 0 spiro atoms. The highest BCUT2D eigenvalue weighted by molar-refractivity contribution is 9.10. The van der Waals surface area contributed by atoms with Gasteiger partial charge in [-0.3, -0.25) is 4.79 Å². The fourth-order valence-corrected chi connectivity index (χ4v) is 2.11. The predicted molar refractivity (Wildman–Crippen MR) is 85.9 cm³/mol. The van der Waals surface area contributed by atoms with E-state index in [0.717, 1.165) is 15.9 Å². The third kappa shape index (κ3) is 5.11. The van der Waals surface area contributed by atoms with Crippen molar-refractivity contribution in [3.63, 3.8) is 0 Å². The van der Waals surface area contributed by atoms with Crippen LogP contribution < -0.4 is 14.8 Å². The summed E-state index contributed by atoms with van der Waals surface area (Å²) >= 11 is 3.35. The van der Waals surface area contributed by atoms with Crippen LogP contribution in [0, 0.1) is 0 Å². The van der Waals surface area contributed by atoms with E-state index in [1.807, 2.05) is 43.3 Å². The number of rotatable bonds is 6. The highest BCUT2D eigenvalue weighted by Gasteiger charge is 2.04. The number of halogens is 1. The monoisotopic (exact) mass is 349 g/mol. The van der Waals surface area contributed by atoms with Gasteiger partial charge in [0.15, 0.2) is 6.61 Å². The summed E-state index contributed by atoms with van der Waals surface area (Å²) in [7, 11) is 0. The van der Waals surface area contributed by atoms with Crippen molar-refractivity contribution in [3.05, 3.63) is 53.0 Å². The first-order valence-corrected chi connectivity index (χ1v) is 7.38. The molecule has 4 nitrogen and oxygen atoms in total. The highest BCUT2D eigenvalue weighted by Crippen LogP contribution is 2.18. The van der Waals surface area contributed by atoms with Gasteiger partial charge in [0.25, 0.3) is 5.91 Å². The quantitative estimate of drug-likeness (QED) is 0.861. The molecule has 0 fully saturated rings. The van der Waals surface area contributed by atoms with Crippen LogP contribution in [0.3, 0.4) is 0 Å². The van der Waals surface area contributed by atoms with Gasteiger partial charge in [0, 0.05) is 10.2 Å². The Hall–Kier alpha value is -2.01. The lowest BCUT2D eigenvalue weighted by Gasteiger charge is -2.08. The maximum absolute atomic E-state index is 11.8. The Bertz CT molecular complexity index is 599. The molecule has 0 aliphatic rings. The number of nitrogens with one attached hydrogen (secondary N) is 1. The van der Waals surface area contributed by atoms with Crippen LogP contribution >= 0.6 is 15.9 Å². The summed E-state index contributed by atoms with van der Waals surface area (Å²) in [6.45, 7) is 2.51. The molecule has 0 aliphatic carbocycles. The molecule has 2 aromatic carbocycles. The molecular formula is C16H16BrNO3. The summed E-state index contributed by atoms with van der Waals surface area (Å²) in [4.78, 5) is 11.8. The smallest absolute Gasteiger partial charge is 0.262 e. The molecule has 1 amide bonds. The summed E-state index contributed by atoms with van der Waals surface area (Å²) in [6, 6.07) is 14.6. The molecule has 110 valence electrons. The number of hydrogen-bond acceptors (Lipinski definition) is 3. The van der Waals surface area contributed by atoms with Gasteiger partial charge in [0.1, 0.15) is 11.5 Å². The standard InChI is InChI=1S/C16H16BrNO3/c1-2-20-14-6-8-15(9-7-14)21-11-16(19)18-13-5-3-4-12(17)10-13/h3-10H,2,11H2,1H3,(H,18,19). The fraction of sp³-hybridized carbons (Fsp3) is 0.188. The van der Waals surface area contributed by atoms with Crippen molar-refractivity contribution >= 4 is 27.5 Å². The summed E-state index contributed by atoms with van der Waals surface area (Å²) in [5, 5.41) is 2.77. The molecule has 0 atom stereocenters. The van der Waals surface area contributed by atoms with E-state index in [-0.39, 0.29) is 12.5 Å². The van der Waals surface area contributed by atoms with E-state index in [4.69, 9.17) is 9.47 Å². The molecule has 0 radical (unpaired) electrons. The molecule has 2 rings (SSSR count). The molecule has 21 heavy (non-hydrogen) atoms. The number of benzene rings is 2. The Morgan fingerprint density at radius 2 is 1.76 bits per heavy atom. The Kier molecular flexibility index (Phi) is 5.63. The van der Waals surface area contributed by atoms with Crippen LogP contribution in [0.2, 0.25) is 0 Å². The van der Waals surface area contributed by atoms with Gasteiger partial charge in [0.05, 0.1) is 6.61 Å². The minimum absolute atomic E-state index is 0.0412. The van der Waals surface area contributed by atoms with Gasteiger partial charge in [0.2, 0.25) is 0 Å². The predicted octanol–water partition coefficient (Wildman–Crippen LogP) is 3.87. The summed E-state index contributed by atoms with van der Waals surface area (Å²) in [6.07, 6.45) is 0. The van der Waals surface area contributed by atoms with E-state index in [9.17, 15) is 4.79 Å². The second-order valence-electron chi connectivity index (χ2n) is 4.25. The van der Waals surface area contributed by atoms with Gasteiger partial charge in [-0.15, -0.1) is 0 Å². The van der Waals surface area contributed by atoms with E-state index in [1.165, 1.54) is 0 Å². The lowest BCUT2D eigenvalue weighted by atomic mass is 10.3. The van der Waals surface area contributed by atoms with E-state index in [1.54, 1.807) is 12.1 Å². The molecule has 0 aromatic heterocycles. The van der Waals surface area contributed by atoms with Crippen LogP contribution in [-0.4, -0.2) is 19.1 Å². The normalized spacial score (nSPS) is 10.0.